The molecule has 1 amide bonds. The summed E-state index contributed by atoms with van der Waals surface area (Å²) in [5, 5.41) is 0.686. The van der Waals surface area contributed by atoms with Gasteiger partial charge in [-0.2, -0.15) is 4.99 Å². The molecular weight excluding hydrogens is 394 g/mol. The second kappa shape index (κ2) is 8.00. The first-order valence-corrected chi connectivity index (χ1v) is 10.2. The Kier molecular flexibility index (Phi) is 5.27. The van der Waals surface area contributed by atoms with Crippen molar-refractivity contribution in [3.63, 3.8) is 0 Å². The van der Waals surface area contributed by atoms with Crippen molar-refractivity contribution in [2.75, 3.05) is 5.75 Å². The van der Waals surface area contributed by atoms with Gasteiger partial charge in [0, 0.05) is 5.39 Å². The van der Waals surface area contributed by atoms with Crippen LogP contribution in [0.3, 0.4) is 0 Å². The molecule has 1 aromatic heterocycles. The normalized spacial score (nSPS) is 15.2. The van der Waals surface area contributed by atoms with Crippen LogP contribution in [-0.2, 0) is 4.79 Å². The molecule has 3 aromatic rings. The van der Waals surface area contributed by atoms with E-state index in [1.54, 1.807) is 36.4 Å². The number of para-hydroxylation sites is 1. The summed E-state index contributed by atoms with van der Waals surface area (Å²) in [6.45, 7) is 0. The number of rotatable bonds is 4. The Labute approximate surface area is 168 Å². The molecule has 5 nitrogen and oxygen atoms in total. The fraction of sp³-hybridized carbons (Fsp3) is 0.0476. The summed E-state index contributed by atoms with van der Waals surface area (Å²) >= 11 is 2.37. The minimum Gasteiger partial charge on any atom is -0.422 e. The highest BCUT2D eigenvalue weighted by atomic mass is 32.2. The van der Waals surface area contributed by atoms with E-state index in [1.165, 1.54) is 11.8 Å². The van der Waals surface area contributed by atoms with Crippen molar-refractivity contribution in [3.05, 3.63) is 87.1 Å². The quantitative estimate of drug-likeness (QED) is 0.363. The Morgan fingerprint density at radius 1 is 1.07 bits per heavy atom. The van der Waals surface area contributed by atoms with Gasteiger partial charge in [-0.3, -0.25) is 9.59 Å². The number of carbonyl (C=O) groups is 2. The zero-order valence-electron chi connectivity index (χ0n) is 14.5. The second-order valence-corrected chi connectivity index (χ2v) is 8.15. The molecule has 0 bridgehead atoms. The Balaban J connectivity index is 1.45. The molecule has 0 N–H and O–H groups in total. The van der Waals surface area contributed by atoms with E-state index in [0.29, 0.717) is 20.3 Å². The molecule has 0 radical (unpaired) electrons. The third-order valence-corrected chi connectivity index (χ3v) is 6.09. The van der Waals surface area contributed by atoms with Gasteiger partial charge in [0.05, 0.1) is 10.7 Å². The lowest BCUT2D eigenvalue weighted by atomic mass is 10.1. The smallest absolute Gasteiger partial charge is 0.347 e. The Hall–Kier alpha value is -2.90. The van der Waals surface area contributed by atoms with E-state index < -0.39 is 5.63 Å². The highest BCUT2D eigenvalue weighted by Crippen LogP contribution is 2.33. The number of aliphatic imine (C=N–C) groups is 1. The maximum absolute atomic E-state index is 12.5. The van der Waals surface area contributed by atoms with Gasteiger partial charge in [-0.25, -0.2) is 4.79 Å². The molecule has 1 aliphatic heterocycles. The molecule has 28 heavy (non-hydrogen) atoms. The molecule has 0 saturated carbocycles. The third kappa shape index (κ3) is 4.00. The lowest BCUT2D eigenvalue weighted by Gasteiger charge is -2.02. The van der Waals surface area contributed by atoms with Gasteiger partial charge in [-0.05, 0) is 23.8 Å². The topological polar surface area (TPSA) is 76.7 Å². The molecule has 0 spiro atoms. The van der Waals surface area contributed by atoms with Crippen molar-refractivity contribution in [2.24, 2.45) is 4.99 Å². The monoisotopic (exact) mass is 407 g/mol. The number of thioether (sulfide) groups is 2. The number of benzene rings is 2. The fourth-order valence-electron chi connectivity index (χ4n) is 2.61. The van der Waals surface area contributed by atoms with Gasteiger partial charge >= 0.3 is 5.63 Å². The summed E-state index contributed by atoms with van der Waals surface area (Å²) in [5.41, 5.74) is 0.686. The average molecular weight is 407 g/mol. The Morgan fingerprint density at radius 2 is 1.82 bits per heavy atom. The molecule has 138 valence electrons. The Morgan fingerprint density at radius 3 is 2.64 bits per heavy atom. The molecule has 7 heteroatoms. The lowest BCUT2D eigenvalue weighted by molar-refractivity contribution is -0.113. The van der Waals surface area contributed by atoms with Crippen LogP contribution in [0, 0.1) is 0 Å². The Bertz CT molecular complexity index is 1200. The number of ketones is 1. The summed E-state index contributed by atoms with van der Waals surface area (Å²) < 4.78 is 5.69. The fourth-order valence-corrected chi connectivity index (χ4v) is 4.50. The molecule has 0 atom stereocenters. The van der Waals surface area contributed by atoms with E-state index in [-0.39, 0.29) is 23.0 Å². The van der Waals surface area contributed by atoms with Crippen LogP contribution >= 0.6 is 23.5 Å². The highest BCUT2D eigenvalue weighted by Gasteiger charge is 2.23. The van der Waals surface area contributed by atoms with E-state index in [2.05, 4.69) is 4.99 Å². The molecule has 2 heterocycles. The van der Waals surface area contributed by atoms with Crippen molar-refractivity contribution in [1.29, 1.82) is 0 Å². The predicted octanol–water partition coefficient (Wildman–Crippen LogP) is 4.38. The van der Waals surface area contributed by atoms with Crippen LogP contribution in [0.2, 0.25) is 0 Å². The van der Waals surface area contributed by atoms with Crippen LogP contribution in [0.1, 0.15) is 15.9 Å². The number of nitrogens with zero attached hydrogens (tertiary/aromatic N) is 1. The van der Waals surface area contributed by atoms with Crippen molar-refractivity contribution in [1.82, 2.24) is 0 Å². The van der Waals surface area contributed by atoms with Gasteiger partial charge in [0.15, 0.2) is 5.78 Å². The number of Topliss-reactive ketones (excluding diaryl/α,β-unsaturated/α-hetero) is 1. The van der Waals surface area contributed by atoms with Gasteiger partial charge in [-0.1, -0.05) is 72.1 Å². The molecule has 0 fully saturated rings. The number of hydrogen-bond acceptors (Lipinski definition) is 6. The van der Waals surface area contributed by atoms with Gasteiger partial charge < -0.3 is 4.42 Å². The van der Waals surface area contributed by atoms with E-state index >= 15 is 0 Å². The zero-order chi connectivity index (χ0) is 19.5. The number of hydrogen-bond donors (Lipinski definition) is 0. The largest absolute Gasteiger partial charge is 0.422 e. The molecule has 4 rings (SSSR count). The molecule has 0 unspecified atom stereocenters. The first-order valence-electron chi connectivity index (χ1n) is 8.37. The summed E-state index contributed by atoms with van der Waals surface area (Å²) in [6, 6.07) is 18.0. The molecule has 2 aromatic carbocycles. The van der Waals surface area contributed by atoms with Gasteiger partial charge in [0.25, 0.3) is 5.91 Å². The van der Waals surface area contributed by atoms with Crippen molar-refractivity contribution in [2.45, 2.75) is 0 Å². The van der Waals surface area contributed by atoms with Crippen LogP contribution in [0.4, 0.5) is 0 Å². The maximum atomic E-state index is 12.5. The lowest BCUT2D eigenvalue weighted by Crippen LogP contribution is -2.16. The van der Waals surface area contributed by atoms with E-state index in [0.717, 1.165) is 17.3 Å². The van der Waals surface area contributed by atoms with Gasteiger partial charge in [-0.15, -0.1) is 0 Å². The number of amides is 1. The van der Waals surface area contributed by atoms with Crippen molar-refractivity contribution < 1.29 is 14.0 Å². The summed E-state index contributed by atoms with van der Waals surface area (Å²) in [5.74, 6) is -0.685. The zero-order valence-corrected chi connectivity index (χ0v) is 16.1. The summed E-state index contributed by atoms with van der Waals surface area (Å²) in [7, 11) is 0. The summed E-state index contributed by atoms with van der Waals surface area (Å²) in [4.78, 5) is 41.1. The third-order valence-electron chi connectivity index (χ3n) is 3.97. The average Bonchev–Trinajstić information content (AvgIpc) is 3.05. The molecular formula is C21H13NO4S2. The molecule has 1 aliphatic rings. The van der Waals surface area contributed by atoms with Crippen LogP contribution in [0.25, 0.3) is 17.0 Å². The van der Waals surface area contributed by atoms with Gasteiger partial charge in [0.1, 0.15) is 15.5 Å². The summed E-state index contributed by atoms with van der Waals surface area (Å²) in [6.07, 6.45) is 1.77. The van der Waals surface area contributed by atoms with Crippen LogP contribution < -0.4 is 5.63 Å². The minimum atomic E-state index is -0.661. The first kappa shape index (κ1) is 18.5. The second-order valence-electron chi connectivity index (χ2n) is 5.90. The predicted molar refractivity (Wildman–Crippen MR) is 114 cm³/mol. The van der Waals surface area contributed by atoms with Crippen LogP contribution in [-0.4, -0.2) is 21.8 Å². The maximum Gasteiger partial charge on any atom is 0.347 e. The molecule has 0 saturated heterocycles. The van der Waals surface area contributed by atoms with Crippen molar-refractivity contribution in [3.8, 4) is 0 Å². The SMILES string of the molecule is O=C1N=C(SCC(=O)c2cc3ccccc3oc2=O)SC1=Cc1ccccc1. The highest BCUT2D eigenvalue weighted by molar-refractivity contribution is 8.41. The van der Waals surface area contributed by atoms with Crippen molar-refractivity contribution >= 4 is 56.6 Å². The van der Waals surface area contributed by atoms with Gasteiger partial charge in [0.2, 0.25) is 0 Å². The number of carbonyl (C=O) groups excluding carboxylic acids is 2. The van der Waals surface area contributed by atoms with Crippen LogP contribution in [0.5, 0.6) is 0 Å². The van der Waals surface area contributed by atoms with E-state index in [4.69, 9.17) is 4.42 Å². The first-order chi connectivity index (χ1) is 13.6. The van der Waals surface area contributed by atoms with Crippen LogP contribution in [0.15, 0.2) is 79.8 Å². The van der Waals surface area contributed by atoms with E-state index in [1.807, 2.05) is 30.3 Å². The standard InChI is InChI=1S/C21H13NO4S2/c23-16(15-11-14-8-4-5-9-17(14)26-20(15)25)12-27-21-22-19(24)18(28-21)10-13-6-2-1-3-7-13/h1-11H,12H2. The number of fused-ring (bicyclic) bond motifs is 1. The minimum absolute atomic E-state index is 0.000824. The van der Waals surface area contributed by atoms with E-state index in [9.17, 15) is 14.4 Å². The molecule has 0 aliphatic carbocycles.